The normalized spacial score (nSPS) is 25.0. The maximum Gasteiger partial charge on any atom is 0.318 e. The van der Waals surface area contributed by atoms with E-state index in [4.69, 9.17) is 19.4 Å². The average molecular weight is 767 g/mol. The van der Waals surface area contributed by atoms with E-state index in [-0.39, 0.29) is 31.2 Å². The Morgan fingerprint density at radius 3 is 2.66 bits per heavy atom. The van der Waals surface area contributed by atoms with Gasteiger partial charge in [0.1, 0.15) is 39.9 Å². The first kappa shape index (κ1) is 38.5. The number of pyridine rings is 1. The van der Waals surface area contributed by atoms with Crippen molar-refractivity contribution in [2.45, 2.75) is 108 Å². The summed E-state index contributed by atoms with van der Waals surface area (Å²) in [6.45, 7) is 9.93. The molecule has 15 heteroatoms. The van der Waals surface area contributed by atoms with Gasteiger partial charge in [0.2, 0.25) is 15.9 Å². The van der Waals surface area contributed by atoms with Crippen molar-refractivity contribution < 1.29 is 32.3 Å². The first-order chi connectivity index (χ1) is 25.3. The molecule has 286 valence electrons. The van der Waals surface area contributed by atoms with Crippen LogP contribution in [0.25, 0.3) is 21.6 Å². The average Bonchev–Trinajstić information content (AvgIpc) is 3.42. The highest BCUT2D eigenvalue weighted by atomic mass is 32.2. The van der Waals surface area contributed by atoms with Gasteiger partial charge in [0.05, 0.1) is 30.1 Å². The van der Waals surface area contributed by atoms with E-state index < -0.39 is 50.8 Å². The molecule has 2 fully saturated rings. The molecule has 1 saturated carbocycles. The van der Waals surface area contributed by atoms with Gasteiger partial charge in [-0.25, -0.2) is 23.2 Å². The van der Waals surface area contributed by atoms with Crippen LogP contribution in [0, 0.1) is 12.8 Å². The second-order valence-corrected chi connectivity index (χ2v) is 17.6. The van der Waals surface area contributed by atoms with Gasteiger partial charge in [0.25, 0.3) is 5.91 Å². The van der Waals surface area contributed by atoms with Crippen LogP contribution in [0.3, 0.4) is 0 Å². The molecule has 0 spiro atoms. The lowest BCUT2D eigenvalue weighted by Crippen LogP contribution is -2.57. The number of nitrogens with zero attached hydrogens (tertiary/aromatic N) is 3. The Bertz CT molecular complexity index is 2010. The molecule has 0 bridgehead atoms. The lowest BCUT2D eigenvalue weighted by Gasteiger charge is -2.26. The van der Waals surface area contributed by atoms with Crippen LogP contribution in [0.2, 0.25) is 0 Å². The Morgan fingerprint density at radius 1 is 1.15 bits per heavy atom. The summed E-state index contributed by atoms with van der Waals surface area (Å²) >= 11 is 1.50. The maximum atomic E-state index is 14.2. The number of hydrogen-bond acceptors (Lipinski definition) is 10. The molecule has 6 rings (SSSR count). The second kappa shape index (κ2) is 15.6. The number of allylic oxidation sites excluding steroid dienone is 1. The van der Waals surface area contributed by atoms with Gasteiger partial charge < -0.3 is 25.0 Å². The summed E-state index contributed by atoms with van der Waals surface area (Å²) in [5.41, 5.74) is 1.67. The van der Waals surface area contributed by atoms with E-state index in [0.717, 1.165) is 47.3 Å². The van der Waals surface area contributed by atoms with E-state index in [2.05, 4.69) is 29.2 Å². The van der Waals surface area contributed by atoms with Crippen molar-refractivity contribution in [2.75, 3.05) is 20.2 Å². The number of rotatable bonds is 9. The fourth-order valence-electron chi connectivity index (χ4n) is 6.96. The van der Waals surface area contributed by atoms with Gasteiger partial charge in [-0.3, -0.25) is 14.3 Å². The number of hydrogen-bond donors (Lipinski definition) is 3. The van der Waals surface area contributed by atoms with Crippen molar-refractivity contribution in [1.82, 2.24) is 30.2 Å². The summed E-state index contributed by atoms with van der Waals surface area (Å²) in [6.07, 6.45) is 7.33. The zero-order valence-corrected chi connectivity index (χ0v) is 32.9. The van der Waals surface area contributed by atoms with Gasteiger partial charge >= 0.3 is 6.03 Å². The molecule has 3 aromatic rings. The van der Waals surface area contributed by atoms with E-state index in [1.165, 1.54) is 23.2 Å². The minimum Gasteiger partial charge on any atom is -0.496 e. The Morgan fingerprint density at radius 2 is 1.94 bits per heavy atom. The number of carbonyl (C=O) groups is 3. The molecule has 3 aliphatic rings. The number of urea groups is 1. The van der Waals surface area contributed by atoms with Crippen molar-refractivity contribution >= 4 is 50.1 Å². The number of aryl methyl sites for hydroxylation is 1. The highest BCUT2D eigenvalue weighted by Gasteiger charge is 2.61. The molecule has 1 aliphatic carbocycles. The zero-order chi connectivity index (χ0) is 38.1. The van der Waals surface area contributed by atoms with Crippen LogP contribution >= 0.6 is 11.3 Å². The van der Waals surface area contributed by atoms with Crippen LogP contribution in [0.15, 0.2) is 35.7 Å². The molecule has 5 atom stereocenters. The number of carbonyl (C=O) groups excluding carboxylic acids is 3. The molecule has 2 aliphatic heterocycles. The van der Waals surface area contributed by atoms with E-state index in [1.807, 2.05) is 42.7 Å². The van der Waals surface area contributed by atoms with Gasteiger partial charge in [0, 0.05) is 41.3 Å². The predicted molar refractivity (Wildman–Crippen MR) is 205 cm³/mol. The second-order valence-electron chi connectivity index (χ2n) is 14.6. The topological polar surface area (TPSA) is 169 Å². The predicted octanol–water partition coefficient (Wildman–Crippen LogP) is 5.58. The van der Waals surface area contributed by atoms with Crippen molar-refractivity contribution in [3.8, 4) is 22.2 Å². The summed E-state index contributed by atoms with van der Waals surface area (Å²) < 4.78 is 40.4. The molecule has 4 amide bonds. The molecule has 0 radical (unpaired) electrons. The maximum absolute atomic E-state index is 14.2. The van der Waals surface area contributed by atoms with E-state index in [1.54, 1.807) is 14.0 Å². The number of sulfonamides is 1. The van der Waals surface area contributed by atoms with E-state index in [0.29, 0.717) is 35.7 Å². The molecule has 1 saturated heterocycles. The molecular weight excluding hydrogens is 717 g/mol. The Labute approximate surface area is 315 Å². The molecule has 1 aromatic carbocycles. The van der Waals surface area contributed by atoms with Gasteiger partial charge in [-0.05, 0) is 64.0 Å². The van der Waals surface area contributed by atoms with E-state index in [9.17, 15) is 22.8 Å². The standard InChI is InChI=1S/C38H50N6O7S2/c1-7-23(4)53(48,49)43-36(46)38-19-25(38)13-11-9-8-10-12-16-39-37(47)44-20-26(17-30(44)34(45)42-38)51-32-18-28(35-41-29(21-52-35)22(2)3)40-33-24(5)31(50-6)15-14-27(32)33/h11,13-15,18,21-23,25-26,30H,7-10,12,16-17,19-20H2,1-6H3,(H,39,47)(H,42,45)(H,43,46)/b13-11-/t23?,25-,26-,30+,38-/m1/s1. The SMILES string of the molecule is CCC(C)S(=O)(=O)NC(=O)[C@@]12C[C@H]1/C=C\CCCCCNC(=O)N1C[C@H](Oc3cc(-c4nc(C(C)C)cs4)nc4c(C)c(OC)ccc34)C[C@H]1C(=O)N2. The Hall–Kier alpha value is -4.24. The van der Waals surface area contributed by atoms with Crippen LogP contribution in [0.4, 0.5) is 4.79 Å². The van der Waals surface area contributed by atoms with Gasteiger partial charge in [-0.15, -0.1) is 11.3 Å². The molecule has 3 N–H and O–H groups in total. The third-order valence-electron chi connectivity index (χ3n) is 10.6. The molecule has 53 heavy (non-hydrogen) atoms. The number of methoxy groups -OCH3 is 1. The van der Waals surface area contributed by atoms with Crippen molar-refractivity contribution in [3.63, 3.8) is 0 Å². The molecule has 2 aromatic heterocycles. The molecule has 4 heterocycles. The smallest absolute Gasteiger partial charge is 0.318 e. The quantitative estimate of drug-likeness (QED) is 0.236. The molecular formula is C38H50N6O7S2. The summed E-state index contributed by atoms with van der Waals surface area (Å²) in [5.74, 6) is -0.240. The minimum absolute atomic E-state index is 0.109. The number of ether oxygens (including phenoxy) is 2. The van der Waals surface area contributed by atoms with Crippen LogP contribution < -0.4 is 24.8 Å². The Kier molecular flexibility index (Phi) is 11.3. The van der Waals surface area contributed by atoms with E-state index >= 15 is 0 Å². The fraction of sp³-hybridized carbons (Fsp3) is 0.553. The zero-order valence-electron chi connectivity index (χ0n) is 31.2. The Balaban J connectivity index is 1.32. The molecule has 1 unspecified atom stereocenters. The third-order valence-corrected chi connectivity index (χ3v) is 13.4. The third kappa shape index (κ3) is 8.01. The monoisotopic (exact) mass is 766 g/mol. The van der Waals surface area contributed by atoms with Gasteiger partial charge in [0.15, 0.2) is 0 Å². The van der Waals surface area contributed by atoms with Crippen molar-refractivity contribution in [3.05, 3.63) is 47.0 Å². The summed E-state index contributed by atoms with van der Waals surface area (Å²) in [7, 11) is -2.35. The number of thiazole rings is 1. The van der Waals surface area contributed by atoms with Gasteiger partial charge in [-0.1, -0.05) is 39.3 Å². The number of benzene rings is 1. The van der Waals surface area contributed by atoms with Crippen LogP contribution in [0.5, 0.6) is 11.5 Å². The van der Waals surface area contributed by atoms with Crippen LogP contribution in [-0.4, -0.2) is 84.3 Å². The first-order valence-corrected chi connectivity index (χ1v) is 20.9. The molecule has 13 nitrogen and oxygen atoms in total. The van der Waals surface area contributed by atoms with Crippen LogP contribution in [-0.2, 0) is 19.6 Å². The largest absolute Gasteiger partial charge is 0.496 e. The summed E-state index contributed by atoms with van der Waals surface area (Å²) in [5, 5.41) is 8.60. The number of nitrogens with one attached hydrogen (secondary N) is 3. The minimum atomic E-state index is -3.96. The number of fused-ring (bicyclic) bond motifs is 3. The van der Waals surface area contributed by atoms with Crippen LogP contribution in [0.1, 0.15) is 89.8 Å². The lowest BCUT2D eigenvalue weighted by molar-refractivity contribution is -0.131. The summed E-state index contributed by atoms with van der Waals surface area (Å²) in [6, 6.07) is 4.22. The van der Waals surface area contributed by atoms with Gasteiger partial charge in [-0.2, -0.15) is 0 Å². The lowest BCUT2D eigenvalue weighted by atomic mass is 10.1. The highest BCUT2D eigenvalue weighted by molar-refractivity contribution is 7.90. The van der Waals surface area contributed by atoms with Crippen molar-refractivity contribution in [1.29, 1.82) is 0 Å². The fourth-order valence-corrected chi connectivity index (χ4v) is 8.98. The highest BCUT2D eigenvalue weighted by Crippen LogP contribution is 2.46. The first-order valence-electron chi connectivity index (χ1n) is 18.5. The number of aromatic nitrogens is 2. The van der Waals surface area contributed by atoms with Crippen molar-refractivity contribution in [2.24, 2.45) is 5.92 Å². The summed E-state index contributed by atoms with van der Waals surface area (Å²) in [4.78, 5) is 52.9. The number of amides is 4.